The quantitative estimate of drug-likeness (QED) is 0.888. The third-order valence-corrected chi connectivity index (χ3v) is 3.07. The topological polar surface area (TPSA) is 28.2 Å². The number of para-hydroxylation sites is 1. The molecule has 2 aromatic rings. The molecule has 0 aliphatic carbocycles. The van der Waals surface area contributed by atoms with Gasteiger partial charge in [-0.15, -0.1) is 0 Å². The minimum Gasteiger partial charge on any atom is -0.329 e. The van der Waals surface area contributed by atoms with E-state index in [9.17, 15) is 0 Å². The van der Waals surface area contributed by atoms with Crippen LogP contribution in [-0.4, -0.2) is 18.6 Å². The van der Waals surface area contributed by atoms with Crippen molar-refractivity contribution < 1.29 is 0 Å². The van der Waals surface area contributed by atoms with Crippen LogP contribution < -0.4 is 10.2 Å². The van der Waals surface area contributed by atoms with E-state index < -0.39 is 0 Å². The Morgan fingerprint density at radius 1 is 1.16 bits per heavy atom. The minimum atomic E-state index is 0.884. The normalized spacial score (nSPS) is 10.5. The fourth-order valence-electron chi connectivity index (χ4n) is 2.05. The maximum Gasteiger partial charge on any atom is 0.133 e. The van der Waals surface area contributed by atoms with Crippen LogP contribution in [0.2, 0.25) is 0 Å². The first kappa shape index (κ1) is 13.6. The zero-order chi connectivity index (χ0) is 13.7. The van der Waals surface area contributed by atoms with Crippen LogP contribution in [0.1, 0.15) is 18.2 Å². The van der Waals surface area contributed by atoms with E-state index in [2.05, 4.69) is 46.4 Å². The van der Waals surface area contributed by atoms with Crippen molar-refractivity contribution in [3.8, 4) is 0 Å². The summed E-state index contributed by atoms with van der Waals surface area (Å²) in [4.78, 5) is 6.73. The smallest absolute Gasteiger partial charge is 0.133 e. The van der Waals surface area contributed by atoms with Gasteiger partial charge in [0.05, 0.1) is 0 Å². The van der Waals surface area contributed by atoms with E-state index in [0.717, 1.165) is 30.3 Å². The number of aromatic nitrogens is 1. The Morgan fingerprint density at radius 3 is 2.58 bits per heavy atom. The molecule has 19 heavy (non-hydrogen) atoms. The summed E-state index contributed by atoms with van der Waals surface area (Å²) in [5.41, 5.74) is 3.47. The fraction of sp³-hybridized carbons (Fsp3) is 0.312. The highest BCUT2D eigenvalue weighted by atomic mass is 15.2. The highest BCUT2D eigenvalue weighted by molar-refractivity contribution is 5.59. The molecule has 3 nitrogen and oxygen atoms in total. The van der Waals surface area contributed by atoms with Crippen LogP contribution in [0.15, 0.2) is 42.5 Å². The van der Waals surface area contributed by atoms with Gasteiger partial charge in [-0.2, -0.15) is 0 Å². The molecule has 1 heterocycles. The molecular formula is C16H21N3. The second-order valence-electron chi connectivity index (χ2n) is 4.65. The van der Waals surface area contributed by atoms with Crippen LogP contribution >= 0.6 is 0 Å². The number of pyridine rings is 1. The molecule has 0 radical (unpaired) electrons. The first-order chi connectivity index (χ1) is 9.20. The Balaban J connectivity index is 2.26. The van der Waals surface area contributed by atoms with Crippen molar-refractivity contribution in [1.29, 1.82) is 0 Å². The van der Waals surface area contributed by atoms with E-state index >= 15 is 0 Å². The Morgan fingerprint density at radius 2 is 1.89 bits per heavy atom. The molecule has 1 aromatic carbocycles. The minimum absolute atomic E-state index is 0.884. The number of hydrogen-bond donors (Lipinski definition) is 1. The lowest BCUT2D eigenvalue weighted by atomic mass is 10.2. The van der Waals surface area contributed by atoms with E-state index in [1.807, 2.05) is 32.2 Å². The molecule has 0 fully saturated rings. The molecule has 0 amide bonds. The predicted molar refractivity (Wildman–Crippen MR) is 80.9 cm³/mol. The molecule has 0 saturated carbocycles. The van der Waals surface area contributed by atoms with Crippen LogP contribution in [0.25, 0.3) is 0 Å². The SMILES string of the molecule is CCNCc1cc(C)nc(N(C)c2ccccc2)c1. The molecule has 1 N–H and O–H groups in total. The Hall–Kier alpha value is -1.87. The van der Waals surface area contributed by atoms with E-state index in [1.165, 1.54) is 5.56 Å². The van der Waals surface area contributed by atoms with Crippen LogP contribution in [-0.2, 0) is 6.54 Å². The van der Waals surface area contributed by atoms with Crippen molar-refractivity contribution in [3.05, 3.63) is 53.7 Å². The van der Waals surface area contributed by atoms with Gasteiger partial charge in [-0.3, -0.25) is 0 Å². The molecule has 100 valence electrons. The number of rotatable bonds is 5. The molecular weight excluding hydrogens is 234 g/mol. The van der Waals surface area contributed by atoms with E-state index in [-0.39, 0.29) is 0 Å². The molecule has 0 aliphatic heterocycles. The summed E-state index contributed by atoms with van der Waals surface area (Å²) < 4.78 is 0. The van der Waals surface area contributed by atoms with Gasteiger partial charge in [-0.05, 0) is 43.3 Å². The van der Waals surface area contributed by atoms with Crippen molar-refractivity contribution in [3.63, 3.8) is 0 Å². The Kier molecular flexibility index (Phi) is 4.53. The van der Waals surface area contributed by atoms with Gasteiger partial charge in [0.2, 0.25) is 0 Å². The van der Waals surface area contributed by atoms with Gasteiger partial charge in [0, 0.05) is 25.0 Å². The molecule has 0 atom stereocenters. The van der Waals surface area contributed by atoms with Crippen LogP contribution in [0.5, 0.6) is 0 Å². The summed E-state index contributed by atoms with van der Waals surface area (Å²) in [6.07, 6.45) is 0. The molecule has 0 bridgehead atoms. The Labute approximate surface area is 115 Å². The van der Waals surface area contributed by atoms with Crippen molar-refractivity contribution in [1.82, 2.24) is 10.3 Å². The largest absolute Gasteiger partial charge is 0.329 e. The summed E-state index contributed by atoms with van der Waals surface area (Å²) in [5.74, 6) is 0.985. The summed E-state index contributed by atoms with van der Waals surface area (Å²) in [6, 6.07) is 14.6. The first-order valence-corrected chi connectivity index (χ1v) is 6.67. The second-order valence-corrected chi connectivity index (χ2v) is 4.65. The van der Waals surface area contributed by atoms with Crippen LogP contribution in [0, 0.1) is 6.92 Å². The fourth-order valence-corrected chi connectivity index (χ4v) is 2.05. The Bertz CT molecular complexity index is 523. The van der Waals surface area contributed by atoms with Crippen LogP contribution in [0.3, 0.4) is 0 Å². The van der Waals surface area contributed by atoms with Crippen LogP contribution in [0.4, 0.5) is 11.5 Å². The van der Waals surface area contributed by atoms with Gasteiger partial charge in [-0.25, -0.2) is 4.98 Å². The number of aryl methyl sites for hydroxylation is 1. The van der Waals surface area contributed by atoms with Crippen molar-refractivity contribution in [2.45, 2.75) is 20.4 Å². The monoisotopic (exact) mass is 255 g/mol. The molecule has 1 aromatic heterocycles. The standard InChI is InChI=1S/C16H21N3/c1-4-17-12-14-10-13(2)18-16(11-14)19(3)15-8-6-5-7-9-15/h5-11,17H,4,12H2,1-3H3. The molecule has 0 saturated heterocycles. The van der Waals surface area contributed by atoms with Gasteiger partial charge in [0.1, 0.15) is 5.82 Å². The number of anilines is 2. The average molecular weight is 255 g/mol. The molecule has 2 rings (SSSR count). The van der Waals surface area contributed by atoms with E-state index in [1.54, 1.807) is 0 Å². The lowest BCUT2D eigenvalue weighted by molar-refractivity contribution is 0.725. The van der Waals surface area contributed by atoms with Gasteiger partial charge < -0.3 is 10.2 Å². The lowest BCUT2D eigenvalue weighted by Gasteiger charge is -2.19. The van der Waals surface area contributed by atoms with Crippen molar-refractivity contribution in [2.24, 2.45) is 0 Å². The summed E-state index contributed by atoms with van der Waals surface area (Å²) in [7, 11) is 2.05. The highest BCUT2D eigenvalue weighted by Gasteiger charge is 2.07. The van der Waals surface area contributed by atoms with Gasteiger partial charge in [0.25, 0.3) is 0 Å². The first-order valence-electron chi connectivity index (χ1n) is 6.67. The second kappa shape index (κ2) is 6.34. The zero-order valence-corrected chi connectivity index (χ0v) is 11.9. The summed E-state index contributed by atoms with van der Waals surface area (Å²) >= 11 is 0. The summed E-state index contributed by atoms with van der Waals surface area (Å²) in [5, 5.41) is 3.35. The number of benzene rings is 1. The summed E-state index contributed by atoms with van der Waals surface area (Å²) in [6.45, 7) is 6.02. The zero-order valence-electron chi connectivity index (χ0n) is 11.9. The third kappa shape index (κ3) is 3.55. The molecule has 3 heteroatoms. The third-order valence-electron chi connectivity index (χ3n) is 3.07. The van der Waals surface area contributed by atoms with E-state index in [0.29, 0.717) is 0 Å². The van der Waals surface area contributed by atoms with E-state index in [4.69, 9.17) is 0 Å². The number of nitrogens with one attached hydrogen (secondary N) is 1. The lowest BCUT2D eigenvalue weighted by Crippen LogP contribution is -2.15. The van der Waals surface area contributed by atoms with Gasteiger partial charge in [-0.1, -0.05) is 25.1 Å². The molecule has 0 aliphatic rings. The maximum absolute atomic E-state index is 4.62. The van der Waals surface area contributed by atoms with Crippen molar-refractivity contribution in [2.75, 3.05) is 18.5 Å². The number of nitrogens with zero attached hydrogens (tertiary/aromatic N) is 2. The van der Waals surface area contributed by atoms with Crippen molar-refractivity contribution >= 4 is 11.5 Å². The molecule has 0 unspecified atom stereocenters. The molecule has 0 spiro atoms. The maximum atomic E-state index is 4.62. The highest BCUT2D eigenvalue weighted by Crippen LogP contribution is 2.22. The number of hydrogen-bond acceptors (Lipinski definition) is 3. The predicted octanol–water partition coefficient (Wildman–Crippen LogP) is 3.27. The van der Waals surface area contributed by atoms with Gasteiger partial charge in [0.15, 0.2) is 0 Å². The average Bonchev–Trinajstić information content (AvgIpc) is 2.44. The van der Waals surface area contributed by atoms with Gasteiger partial charge >= 0.3 is 0 Å².